The summed E-state index contributed by atoms with van der Waals surface area (Å²) in [6, 6.07) is -0.635. The lowest BCUT2D eigenvalue weighted by molar-refractivity contribution is -0.126. The number of rotatable bonds is 7. The van der Waals surface area contributed by atoms with Crippen molar-refractivity contribution < 1.29 is 9.59 Å². The number of likely N-dealkylation sites (N-methyl/N-ethyl adjacent to an activating group) is 1. The highest BCUT2D eigenvalue weighted by Crippen LogP contribution is 1.81. The Morgan fingerprint density at radius 1 is 1.40 bits per heavy atom. The Labute approximate surface area is 90.2 Å². The average Bonchev–Trinajstić information content (AvgIpc) is 2.08. The van der Waals surface area contributed by atoms with Gasteiger partial charge in [0.25, 0.3) is 0 Å². The summed E-state index contributed by atoms with van der Waals surface area (Å²) in [6.45, 7) is 3.33. The SMILES string of the molecule is CC(=O)NC(CNCCN(C)C)C(N)=O. The van der Waals surface area contributed by atoms with E-state index >= 15 is 0 Å². The van der Waals surface area contributed by atoms with Crippen molar-refractivity contribution in [3.05, 3.63) is 0 Å². The van der Waals surface area contributed by atoms with Crippen molar-refractivity contribution in [2.75, 3.05) is 33.7 Å². The van der Waals surface area contributed by atoms with Crippen molar-refractivity contribution in [3.63, 3.8) is 0 Å². The van der Waals surface area contributed by atoms with Crippen molar-refractivity contribution in [3.8, 4) is 0 Å². The van der Waals surface area contributed by atoms with Crippen LogP contribution in [-0.2, 0) is 9.59 Å². The quantitative estimate of drug-likeness (QED) is 0.435. The molecule has 88 valence electrons. The number of nitrogens with two attached hydrogens (primary N) is 1. The number of primary amides is 1. The van der Waals surface area contributed by atoms with Gasteiger partial charge >= 0.3 is 0 Å². The van der Waals surface area contributed by atoms with Gasteiger partial charge in [-0.3, -0.25) is 9.59 Å². The van der Waals surface area contributed by atoms with Crippen molar-refractivity contribution in [2.24, 2.45) is 5.73 Å². The van der Waals surface area contributed by atoms with Gasteiger partial charge in [-0.15, -0.1) is 0 Å². The molecule has 0 saturated heterocycles. The van der Waals surface area contributed by atoms with Crippen LogP contribution in [0.4, 0.5) is 0 Å². The molecule has 0 aromatic heterocycles. The summed E-state index contributed by atoms with van der Waals surface area (Å²) >= 11 is 0. The second-order valence-electron chi connectivity index (χ2n) is 3.66. The lowest BCUT2D eigenvalue weighted by Crippen LogP contribution is -2.50. The van der Waals surface area contributed by atoms with E-state index in [4.69, 9.17) is 5.73 Å². The topological polar surface area (TPSA) is 87.5 Å². The minimum absolute atomic E-state index is 0.256. The van der Waals surface area contributed by atoms with Crippen LogP contribution >= 0.6 is 0 Å². The van der Waals surface area contributed by atoms with Crippen LogP contribution in [0.1, 0.15) is 6.92 Å². The van der Waals surface area contributed by atoms with Crippen molar-refractivity contribution in [1.29, 1.82) is 0 Å². The maximum Gasteiger partial charge on any atom is 0.241 e. The molecule has 0 aliphatic carbocycles. The van der Waals surface area contributed by atoms with E-state index in [1.807, 2.05) is 19.0 Å². The molecule has 0 spiro atoms. The van der Waals surface area contributed by atoms with Gasteiger partial charge in [-0.25, -0.2) is 0 Å². The van der Waals surface area contributed by atoms with E-state index in [1.54, 1.807) is 0 Å². The van der Waals surface area contributed by atoms with Crippen molar-refractivity contribution in [2.45, 2.75) is 13.0 Å². The zero-order valence-corrected chi connectivity index (χ0v) is 9.54. The molecule has 15 heavy (non-hydrogen) atoms. The molecule has 1 unspecified atom stereocenters. The number of hydrogen-bond donors (Lipinski definition) is 3. The van der Waals surface area contributed by atoms with Crippen LogP contribution in [0.3, 0.4) is 0 Å². The van der Waals surface area contributed by atoms with Gasteiger partial charge in [0, 0.05) is 26.6 Å². The third-order valence-corrected chi connectivity index (χ3v) is 1.81. The summed E-state index contributed by atoms with van der Waals surface area (Å²) < 4.78 is 0. The Morgan fingerprint density at radius 3 is 2.40 bits per heavy atom. The Hall–Kier alpha value is -1.14. The van der Waals surface area contributed by atoms with Crippen LogP contribution in [0.5, 0.6) is 0 Å². The molecule has 0 aromatic rings. The van der Waals surface area contributed by atoms with E-state index in [0.29, 0.717) is 6.54 Å². The number of amides is 2. The summed E-state index contributed by atoms with van der Waals surface area (Å²) in [4.78, 5) is 23.7. The van der Waals surface area contributed by atoms with Gasteiger partial charge in [0.05, 0.1) is 0 Å². The first kappa shape index (κ1) is 13.9. The molecular formula is C9H20N4O2. The maximum atomic E-state index is 10.9. The molecule has 0 aliphatic heterocycles. The van der Waals surface area contributed by atoms with Gasteiger partial charge in [-0.2, -0.15) is 0 Å². The summed E-state index contributed by atoms with van der Waals surface area (Å²) in [5.41, 5.74) is 5.12. The van der Waals surface area contributed by atoms with Gasteiger partial charge in [0.1, 0.15) is 6.04 Å². The van der Waals surface area contributed by atoms with E-state index in [0.717, 1.165) is 13.1 Å². The molecule has 0 radical (unpaired) electrons. The van der Waals surface area contributed by atoms with Crippen LogP contribution in [0, 0.1) is 0 Å². The van der Waals surface area contributed by atoms with Gasteiger partial charge in [-0.05, 0) is 14.1 Å². The Bertz CT molecular complexity index is 218. The lowest BCUT2D eigenvalue weighted by Gasteiger charge is -2.16. The summed E-state index contributed by atoms with van der Waals surface area (Å²) in [6.07, 6.45) is 0. The normalized spacial score (nSPS) is 12.5. The zero-order valence-electron chi connectivity index (χ0n) is 9.54. The summed E-state index contributed by atoms with van der Waals surface area (Å²) in [7, 11) is 3.92. The molecule has 0 aromatic carbocycles. The minimum atomic E-state index is -0.635. The fourth-order valence-corrected chi connectivity index (χ4v) is 1.02. The first-order chi connectivity index (χ1) is 6.93. The molecule has 2 amide bonds. The molecule has 0 bridgehead atoms. The Balaban J connectivity index is 3.77. The van der Waals surface area contributed by atoms with Crippen LogP contribution in [0.15, 0.2) is 0 Å². The number of carbonyl (C=O) groups is 2. The largest absolute Gasteiger partial charge is 0.368 e. The molecular weight excluding hydrogens is 196 g/mol. The van der Waals surface area contributed by atoms with E-state index < -0.39 is 11.9 Å². The van der Waals surface area contributed by atoms with Gasteiger partial charge in [0.15, 0.2) is 0 Å². The average molecular weight is 216 g/mol. The molecule has 0 rings (SSSR count). The number of hydrogen-bond acceptors (Lipinski definition) is 4. The zero-order chi connectivity index (χ0) is 11.8. The molecule has 0 saturated carbocycles. The maximum absolute atomic E-state index is 10.9. The van der Waals surface area contributed by atoms with Crippen molar-refractivity contribution >= 4 is 11.8 Å². The number of nitrogens with zero attached hydrogens (tertiary/aromatic N) is 1. The molecule has 6 nitrogen and oxygen atoms in total. The number of nitrogens with one attached hydrogen (secondary N) is 2. The standard InChI is InChI=1S/C9H20N4O2/c1-7(14)12-8(9(10)15)6-11-4-5-13(2)3/h8,11H,4-6H2,1-3H3,(H2,10,15)(H,12,14). The van der Waals surface area contributed by atoms with Crippen LogP contribution < -0.4 is 16.4 Å². The van der Waals surface area contributed by atoms with Crippen molar-refractivity contribution in [1.82, 2.24) is 15.5 Å². The lowest BCUT2D eigenvalue weighted by atomic mass is 10.2. The highest BCUT2D eigenvalue weighted by atomic mass is 16.2. The fraction of sp³-hybridized carbons (Fsp3) is 0.778. The highest BCUT2D eigenvalue weighted by Gasteiger charge is 2.14. The van der Waals surface area contributed by atoms with E-state index in [2.05, 4.69) is 10.6 Å². The summed E-state index contributed by atoms with van der Waals surface area (Å²) in [5.74, 6) is -0.782. The third kappa shape index (κ3) is 7.90. The molecule has 0 heterocycles. The van der Waals surface area contributed by atoms with Crippen LogP contribution in [0.25, 0.3) is 0 Å². The molecule has 0 fully saturated rings. The van der Waals surface area contributed by atoms with Gasteiger partial charge in [0.2, 0.25) is 11.8 Å². The van der Waals surface area contributed by atoms with Gasteiger partial charge in [-0.1, -0.05) is 0 Å². The van der Waals surface area contributed by atoms with Crippen LogP contribution in [0.2, 0.25) is 0 Å². The second-order valence-corrected chi connectivity index (χ2v) is 3.66. The highest BCUT2D eigenvalue weighted by molar-refractivity contribution is 5.85. The van der Waals surface area contributed by atoms with E-state index in [1.165, 1.54) is 6.92 Å². The molecule has 4 N–H and O–H groups in total. The number of carbonyl (C=O) groups excluding carboxylic acids is 2. The summed E-state index contributed by atoms with van der Waals surface area (Å²) in [5, 5.41) is 5.52. The molecule has 1 atom stereocenters. The monoisotopic (exact) mass is 216 g/mol. The predicted molar refractivity (Wildman–Crippen MR) is 58.2 cm³/mol. The fourth-order valence-electron chi connectivity index (χ4n) is 1.02. The molecule has 0 aliphatic rings. The Morgan fingerprint density at radius 2 is 2.00 bits per heavy atom. The smallest absolute Gasteiger partial charge is 0.241 e. The van der Waals surface area contributed by atoms with Gasteiger partial charge < -0.3 is 21.3 Å². The van der Waals surface area contributed by atoms with Crippen LogP contribution in [-0.4, -0.2) is 56.5 Å². The Kier molecular flexibility index (Phi) is 6.64. The third-order valence-electron chi connectivity index (χ3n) is 1.81. The van der Waals surface area contributed by atoms with E-state index in [9.17, 15) is 9.59 Å². The second kappa shape index (κ2) is 7.19. The first-order valence-electron chi connectivity index (χ1n) is 4.85. The first-order valence-corrected chi connectivity index (χ1v) is 4.85. The molecule has 6 heteroatoms. The minimum Gasteiger partial charge on any atom is -0.368 e. The van der Waals surface area contributed by atoms with E-state index in [-0.39, 0.29) is 5.91 Å². The predicted octanol–water partition coefficient (Wildman–Crippen LogP) is -1.87.